The fourth-order valence-electron chi connectivity index (χ4n) is 4.61. The number of benzene rings is 2. The van der Waals surface area contributed by atoms with Gasteiger partial charge in [-0.05, 0) is 76.3 Å². The zero-order chi connectivity index (χ0) is 29.8. The van der Waals surface area contributed by atoms with E-state index in [1.54, 1.807) is 36.1 Å². The van der Waals surface area contributed by atoms with Gasteiger partial charge < -0.3 is 14.4 Å². The molecule has 1 aliphatic heterocycles. The molecule has 0 fully saturated rings. The van der Waals surface area contributed by atoms with Crippen molar-refractivity contribution in [2.75, 3.05) is 29.5 Å². The number of carbonyl (C=O) groups excluding carboxylic acids is 2. The molecule has 0 spiro atoms. The number of nitrogens with zero attached hydrogens (tertiary/aromatic N) is 2. The molecular formula is C34H41FN2O4. The van der Waals surface area contributed by atoms with E-state index < -0.39 is 23.5 Å². The van der Waals surface area contributed by atoms with Gasteiger partial charge in [0.2, 0.25) is 0 Å². The van der Waals surface area contributed by atoms with Crippen molar-refractivity contribution in [3.63, 3.8) is 0 Å². The van der Waals surface area contributed by atoms with Crippen LogP contribution in [0.25, 0.3) is 0 Å². The summed E-state index contributed by atoms with van der Waals surface area (Å²) in [6.07, 6.45) is 10.7. The van der Waals surface area contributed by atoms with Gasteiger partial charge in [-0.25, -0.2) is 14.0 Å². The van der Waals surface area contributed by atoms with Crippen LogP contribution in [0.3, 0.4) is 0 Å². The van der Waals surface area contributed by atoms with Crippen LogP contribution in [-0.4, -0.2) is 37.4 Å². The lowest BCUT2D eigenvalue weighted by atomic mass is 9.98. The van der Waals surface area contributed by atoms with Crippen molar-refractivity contribution < 1.29 is 23.5 Å². The molecule has 2 aromatic carbocycles. The van der Waals surface area contributed by atoms with Gasteiger partial charge in [-0.2, -0.15) is 0 Å². The van der Waals surface area contributed by atoms with Crippen LogP contribution in [0, 0.1) is 0 Å². The summed E-state index contributed by atoms with van der Waals surface area (Å²) in [5.74, 6) is -0.831. The molecule has 0 atom stereocenters. The number of amides is 1. The van der Waals surface area contributed by atoms with E-state index in [-0.39, 0.29) is 6.54 Å². The highest BCUT2D eigenvalue weighted by Crippen LogP contribution is 2.39. The number of carbonyl (C=O) groups is 2. The number of anilines is 2. The lowest BCUT2D eigenvalue weighted by Gasteiger charge is -2.37. The Labute approximate surface area is 243 Å². The van der Waals surface area contributed by atoms with E-state index >= 15 is 0 Å². The molecule has 218 valence electrons. The molecule has 0 radical (unpaired) electrons. The van der Waals surface area contributed by atoms with Crippen LogP contribution in [0.4, 0.5) is 20.6 Å². The van der Waals surface area contributed by atoms with Crippen molar-refractivity contribution in [1.82, 2.24) is 0 Å². The largest absolute Gasteiger partial charge is 0.463 e. The predicted molar refractivity (Wildman–Crippen MR) is 164 cm³/mol. The number of esters is 1. The molecule has 0 N–H and O–H groups in total. The van der Waals surface area contributed by atoms with Crippen LogP contribution in [0.15, 0.2) is 96.4 Å². The first-order valence-electron chi connectivity index (χ1n) is 14.0. The van der Waals surface area contributed by atoms with Crippen molar-refractivity contribution in [2.24, 2.45) is 0 Å². The number of allylic oxidation sites excluding steroid dienone is 5. The topological polar surface area (TPSA) is 59.1 Å². The summed E-state index contributed by atoms with van der Waals surface area (Å²) in [5.41, 5.74) is 3.87. The Balaban J connectivity index is 2.02. The molecular weight excluding hydrogens is 519 g/mol. The smallest absolute Gasteiger partial charge is 0.415 e. The lowest BCUT2D eigenvalue weighted by molar-refractivity contribution is -0.137. The quantitative estimate of drug-likeness (QED) is 0.168. The molecule has 41 heavy (non-hydrogen) atoms. The lowest BCUT2D eigenvalue weighted by Crippen LogP contribution is -2.40. The van der Waals surface area contributed by atoms with E-state index in [0.717, 1.165) is 36.3 Å². The SMILES string of the molecule is CCOC(=O)/C=C/C=C/C=C(\C=C(/C)F)CN(C(=O)OC(C)(C)C)c1cccc2c1N(Cc1ccccc1)CCC2. The minimum atomic E-state index is -0.721. The molecule has 0 aliphatic carbocycles. The van der Waals surface area contributed by atoms with Gasteiger partial charge in [-0.1, -0.05) is 66.8 Å². The summed E-state index contributed by atoms with van der Waals surface area (Å²) in [6, 6.07) is 16.2. The van der Waals surface area contributed by atoms with Crippen LogP contribution in [0.1, 0.15) is 52.2 Å². The number of ether oxygens (including phenoxy) is 2. The van der Waals surface area contributed by atoms with Gasteiger partial charge in [0, 0.05) is 19.2 Å². The molecule has 0 saturated carbocycles. The molecule has 1 aliphatic rings. The number of fused-ring (bicyclic) bond motifs is 1. The maximum Gasteiger partial charge on any atom is 0.415 e. The second kappa shape index (κ2) is 15.0. The zero-order valence-corrected chi connectivity index (χ0v) is 24.7. The van der Waals surface area contributed by atoms with E-state index in [0.29, 0.717) is 18.7 Å². The molecule has 3 rings (SSSR count). The highest BCUT2D eigenvalue weighted by atomic mass is 19.1. The molecule has 0 saturated heterocycles. The monoisotopic (exact) mass is 560 g/mol. The van der Waals surface area contributed by atoms with E-state index in [1.807, 2.05) is 51.1 Å². The summed E-state index contributed by atoms with van der Waals surface area (Å²) in [7, 11) is 0. The Morgan fingerprint density at radius 3 is 2.49 bits per heavy atom. The van der Waals surface area contributed by atoms with Crippen molar-refractivity contribution >= 4 is 23.4 Å². The zero-order valence-electron chi connectivity index (χ0n) is 24.7. The highest BCUT2D eigenvalue weighted by molar-refractivity contribution is 5.94. The van der Waals surface area contributed by atoms with E-state index in [9.17, 15) is 14.0 Å². The Hall–Kier alpha value is -4.13. The number of hydrogen-bond acceptors (Lipinski definition) is 5. The average Bonchev–Trinajstić information content (AvgIpc) is 2.90. The van der Waals surface area contributed by atoms with E-state index in [4.69, 9.17) is 9.47 Å². The third kappa shape index (κ3) is 10.1. The molecule has 0 bridgehead atoms. The summed E-state index contributed by atoms with van der Waals surface area (Å²) in [6.45, 7) is 10.5. The third-order valence-electron chi connectivity index (χ3n) is 6.19. The van der Waals surface area contributed by atoms with Crippen LogP contribution in [0.5, 0.6) is 0 Å². The van der Waals surface area contributed by atoms with Crippen molar-refractivity contribution in [2.45, 2.75) is 59.6 Å². The second-order valence-electron chi connectivity index (χ2n) is 10.8. The van der Waals surface area contributed by atoms with Gasteiger partial charge in [-0.3, -0.25) is 4.90 Å². The first kappa shape index (κ1) is 31.4. The second-order valence-corrected chi connectivity index (χ2v) is 10.8. The average molecular weight is 561 g/mol. The van der Waals surface area contributed by atoms with Crippen LogP contribution >= 0.6 is 0 Å². The van der Waals surface area contributed by atoms with Crippen LogP contribution in [0.2, 0.25) is 0 Å². The molecule has 1 amide bonds. The fourth-order valence-corrected chi connectivity index (χ4v) is 4.61. The highest BCUT2D eigenvalue weighted by Gasteiger charge is 2.29. The van der Waals surface area contributed by atoms with Gasteiger partial charge in [-0.15, -0.1) is 0 Å². The number of rotatable bonds is 10. The van der Waals surface area contributed by atoms with Crippen LogP contribution in [-0.2, 0) is 27.2 Å². The molecule has 7 heteroatoms. The summed E-state index contributed by atoms with van der Waals surface area (Å²) in [4.78, 5) is 29.2. The fraction of sp³-hybridized carbons (Fsp3) is 0.353. The van der Waals surface area contributed by atoms with Gasteiger partial charge in [0.25, 0.3) is 0 Å². The first-order chi connectivity index (χ1) is 19.6. The van der Waals surface area contributed by atoms with E-state index in [2.05, 4.69) is 23.1 Å². The van der Waals surface area contributed by atoms with Gasteiger partial charge in [0.1, 0.15) is 5.60 Å². The number of halogens is 1. The van der Waals surface area contributed by atoms with Crippen molar-refractivity contribution in [3.05, 3.63) is 108 Å². The third-order valence-corrected chi connectivity index (χ3v) is 6.19. The van der Waals surface area contributed by atoms with E-state index in [1.165, 1.54) is 24.6 Å². The Morgan fingerprint density at radius 2 is 1.80 bits per heavy atom. The number of para-hydroxylation sites is 1. The van der Waals surface area contributed by atoms with Crippen LogP contribution < -0.4 is 9.80 Å². The number of hydrogen-bond donors (Lipinski definition) is 0. The van der Waals surface area contributed by atoms with Gasteiger partial charge in [0.15, 0.2) is 0 Å². The first-order valence-corrected chi connectivity index (χ1v) is 14.0. The summed E-state index contributed by atoms with van der Waals surface area (Å²) >= 11 is 0. The normalized spacial score (nSPS) is 14.3. The molecule has 1 heterocycles. The molecule has 2 aromatic rings. The standard InChI is InChI=1S/C34H41FN2O4/c1-6-40-31(38)21-12-8-11-17-28(23-26(2)35)25-37(33(39)41-34(3,4)5)30-20-13-18-29-19-14-22-36(32(29)30)24-27-15-9-7-10-16-27/h7-13,15-18,20-21,23H,6,14,19,22,24-25H2,1-5H3/b11-8+,21-12+,26-23+,28-17+. The predicted octanol–water partition coefficient (Wildman–Crippen LogP) is 7.86. The maximum atomic E-state index is 14.2. The summed E-state index contributed by atoms with van der Waals surface area (Å²) < 4.78 is 24.9. The molecule has 6 nitrogen and oxygen atoms in total. The Morgan fingerprint density at radius 1 is 1.05 bits per heavy atom. The number of aryl methyl sites for hydroxylation is 1. The molecule has 0 unspecified atom stereocenters. The Kier molecular flexibility index (Phi) is 11.5. The maximum absolute atomic E-state index is 14.2. The molecule has 0 aromatic heterocycles. The van der Waals surface area contributed by atoms with Crippen molar-refractivity contribution in [3.8, 4) is 0 Å². The minimum absolute atomic E-state index is 0.0811. The van der Waals surface area contributed by atoms with Gasteiger partial charge in [0.05, 0.1) is 30.4 Å². The minimum Gasteiger partial charge on any atom is -0.463 e. The summed E-state index contributed by atoms with van der Waals surface area (Å²) in [5, 5.41) is 0. The van der Waals surface area contributed by atoms with Gasteiger partial charge >= 0.3 is 12.1 Å². The van der Waals surface area contributed by atoms with Crippen molar-refractivity contribution in [1.29, 1.82) is 0 Å². The Bertz CT molecular complexity index is 1300.